The summed E-state index contributed by atoms with van der Waals surface area (Å²) in [6.07, 6.45) is 0.656. The molecule has 1 aliphatic rings. The van der Waals surface area contributed by atoms with Crippen LogP contribution in [0.3, 0.4) is 0 Å². The van der Waals surface area contributed by atoms with E-state index in [4.69, 9.17) is 14.6 Å². The first-order valence-corrected chi connectivity index (χ1v) is 12.0. The van der Waals surface area contributed by atoms with Gasteiger partial charge in [-0.05, 0) is 36.1 Å². The minimum Gasteiger partial charge on any atom is -0.493 e. The number of carbonyl (C=O) groups excluding carboxylic acids is 1. The lowest BCUT2D eigenvalue weighted by atomic mass is 10.0. The summed E-state index contributed by atoms with van der Waals surface area (Å²) in [5.74, 6) is 1.54. The molecule has 1 atom stereocenters. The molecular formula is C21H21N3O3S3. The van der Waals surface area contributed by atoms with Gasteiger partial charge in [0.25, 0.3) is 5.91 Å². The highest BCUT2D eigenvalue weighted by Gasteiger charge is 2.34. The standard InChI is InChI=1S/C21H21N3O3S3/c1-13-11-29-21(22-13)30-12-20(25)24-16(10-15(23-24)19-5-4-8-28-19)14-6-7-17(26-2)18(9-14)27-3/h4-9,11,16H,10,12H2,1-3H3/t16-/m0/s1. The van der Waals surface area contributed by atoms with E-state index in [9.17, 15) is 4.79 Å². The van der Waals surface area contributed by atoms with Crippen LogP contribution in [0, 0.1) is 6.92 Å². The highest BCUT2D eigenvalue weighted by molar-refractivity contribution is 8.01. The van der Waals surface area contributed by atoms with Crippen molar-refractivity contribution in [2.45, 2.75) is 23.7 Å². The summed E-state index contributed by atoms with van der Waals surface area (Å²) in [5.41, 5.74) is 2.86. The highest BCUT2D eigenvalue weighted by atomic mass is 32.2. The Morgan fingerprint density at radius 2 is 2.07 bits per heavy atom. The van der Waals surface area contributed by atoms with Gasteiger partial charge in [-0.15, -0.1) is 22.7 Å². The van der Waals surface area contributed by atoms with Crippen molar-refractivity contribution < 1.29 is 14.3 Å². The lowest BCUT2D eigenvalue weighted by Gasteiger charge is -2.22. The third-order valence-electron chi connectivity index (χ3n) is 4.68. The average Bonchev–Trinajstić information content (AvgIpc) is 3.51. The van der Waals surface area contributed by atoms with Gasteiger partial charge in [0.1, 0.15) is 0 Å². The van der Waals surface area contributed by atoms with Crippen LogP contribution >= 0.6 is 34.4 Å². The van der Waals surface area contributed by atoms with Crippen LogP contribution in [-0.2, 0) is 4.79 Å². The van der Waals surface area contributed by atoms with Crippen LogP contribution in [0.4, 0.5) is 0 Å². The molecule has 3 heterocycles. The Hall–Kier alpha value is -2.36. The molecule has 0 saturated carbocycles. The smallest absolute Gasteiger partial charge is 0.253 e. The highest BCUT2D eigenvalue weighted by Crippen LogP contribution is 2.38. The molecule has 0 aliphatic carbocycles. The molecule has 0 saturated heterocycles. The van der Waals surface area contributed by atoms with Crippen molar-refractivity contribution in [2.24, 2.45) is 5.10 Å². The van der Waals surface area contributed by atoms with Gasteiger partial charge in [-0.3, -0.25) is 4.79 Å². The summed E-state index contributed by atoms with van der Waals surface area (Å²) in [6.45, 7) is 1.95. The molecule has 0 unspecified atom stereocenters. The summed E-state index contributed by atoms with van der Waals surface area (Å²) < 4.78 is 11.7. The molecule has 9 heteroatoms. The molecule has 0 spiro atoms. The number of methoxy groups -OCH3 is 2. The van der Waals surface area contributed by atoms with Gasteiger partial charge in [0.2, 0.25) is 0 Å². The van der Waals surface area contributed by atoms with Crippen molar-refractivity contribution in [3.63, 3.8) is 0 Å². The van der Waals surface area contributed by atoms with Crippen LogP contribution in [0.2, 0.25) is 0 Å². The maximum absolute atomic E-state index is 13.1. The maximum atomic E-state index is 13.1. The maximum Gasteiger partial charge on any atom is 0.253 e. The molecule has 1 aromatic carbocycles. The number of ether oxygens (including phenoxy) is 2. The molecule has 0 radical (unpaired) electrons. The fraction of sp³-hybridized carbons (Fsp3) is 0.286. The summed E-state index contributed by atoms with van der Waals surface area (Å²) in [6, 6.07) is 9.61. The molecule has 1 aliphatic heterocycles. The summed E-state index contributed by atoms with van der Waals surface area (Å²) >= 11 is 4.64. The minimum atomic E-state index is -0.187. The summed E-state index contributed by atoms with van der Waals surface area (Å²) in [5, 5.41) is 10.3. The molecule has 6 nitrogen and oxygen atoms in total. The van der Waals surface area contributed by atoms with Gasteiger partial charge >= 0.3 is 0 Å². The number of hydrazone groups is 1. The average molecular weight is 460 g/mol. The zero-order valence-corrected chi connectivity index (χ0v) is 19.3. The van der Waals surface area contributed by atoms with Gasteiger partial charge in [-0.2, -0.15) is 5.10 Å². The number of nitrogens with zero attached hydrogens (tertiary/aromatic N) is 3. The first-order chi connectivity index (χ1) is 14.6. The lowest BCUT2D eigenvalue weighted by Crippen LogP contribution is -2.28. The number of carbonyl (C=O) groups is 1. The number of thioether (sulfide) groups is 1. The molecule has 1 amide bonds. The zero-order chi connectivity index (χ0) is 21.1. The number of rotatable bonds is 7. The van der Waals surface area contributed by atoms with Crippen molar-refractivity contribution in [1.29, 1.82) is 0 Å². The van der Waals surface area contributed by atoms with Crippen LogP contribution in [0.15, 0.2) is 50.5 Å². The number of amides is 1. The van der Waals surface area contributed by atoms with Crippen molar-refractivity contribution in [2.75, 3.05) is 20.0 Å². The molecule has 4 rings (SSSR count). The van der Waals surface area contributed by atoms with Gasteiger partial charge in [-0.1, -0.05) is 23.9 Å². The topological polar surface area (TPSA) is 64.0 Å². The zero-order valence-electron chi connectivity index (χ0n) is 16.8. The fourth-order valence-corrected chi connectivity index (χ4v) is 5.66. The second-order valence-electron chi connectivity index (χ2n) is 6.64. The van der Waals surface area contributed by atoms with E-state index in [1.54, 1.807) is 41.9 Å². The van der Waals surface area contributed by atoms with Crippen molar-refractivity contribution in [3.8, 4) is 11.5 Å². The van der Waals surface area contributed by atoms with Gasteiger partial charge in [0, 0.05) is 17.5 Å². The molecular weight excluding hydrogens is 438 g/mol. The number of hydrogen-bond donors (Lipinski definition) is 0. The molecule has 0 bridgehead atoms. The lowest BCUT2D eigenvalue weighted by molar-refractivity contribution is -0.130. The first-order valence-electron chi connectivity index (χ1n) is 9.29. The van der Waals surface area contributed by atoms with Gasteiger partial charge < -0.3 is 9.47 Å². The molecule has 30 heavy (non-hydrogen) atoms. The third kappa shape index (κ3) is 4.38. The number of thiophene rings is 1. The Bertz CT molecular complexity index is 1060. The Balaban J connectivity index is 1.60. The quantitative estimate of drug-likeness (QED) is 0.465. The normalized spacial score (nSPS) is 15.9. The molecule has 156 valence electrons. The van der Waals surface area contributed by atoms with Gasteiger partial charge in [-0.25, -0.2) is 9.99 Å². The van der Waals surface area contributed by atoms with Crippen LogP contribution in [0.5, 0.6) is 11.5 Å². The van der Waals surface area contributed by atoms with Gasteiger partial charge in [0.05, 0.1) is 36.6 Å². The number of benzene rings is 1. The van der Waals surface area contributed by atoms with Crippen molar-refractivity contribution >= 4 is 46.1 Å². The molecule has 0 N–H and O–H groups in total. The van der Waals surface area contributed by atoms with E-state index < -0.39 is 0 Å². The van der Waals surface area contributed by atoms with Crippen molar-refractivity contribution in [3.05, 3.63) is 57.2 Å². The van der Waals surface area contributed by atoms with E-state index in [0.717, 1.165) is 26.2 Å². The van der Waals surface area contributed by atoms with Crippen LogP contribution < -0.4 is 9.47 Å². The van der Waals surface area contributed by atoms with E-state index in [0.29, 0.717) is 17.9 Å². The SMILES string of the molecule is COc1ccc([C@@H]2CC(c3cccs3)=NN2C(=O)CSc2nc(C)cs2)cc1OC. The molecule has 0 fully saturated rings. The van der Waals surface area contributed by atoms with Gasteiger partial charge in [0.15, 0.2) is 15.8 Å². The predicted octanol–water partition coefficient (Wildman–Crippen LogP) is 5.00. The Morgan fingerprint density at radius 3 is 2.73 bits per heavy atom. The second kappa shape index (κ2) is 9.20. The van der Waals surface area contributed by atoms with E-state index in [1.807, 2.05) is 48.0 Å². The summed E-state index contributed by atoms with van der Waals surface area (Å²) in [4.78, 5) is 18.6. The monoisotopic (exact) mass is 459 g/mol. The Kier molecular flexibility index (Phi) is 6.40. The van der Waals surface area contributed by atoms with E-state index in [-0.39, 0.29) is 17.7 Å². The number of aryl methyl sites for hydroxylation is 1. The number of hydrogen-bond acceptors (Lipinski definition) is 8. The first kappa shape index (κ1) is 20.9. The van der Waals surface area contributed by atoms with E-state index in [1.165, 1.54) is 11.8 Å². The minimum absolute atomic E-state index is 0.0424. The Morgan fingerprint density at radius 1 is 1.23 bits per heavy atom. The Labute approximate surface area is 187 Å². The molecule has 3 aromatic rings. The van der Waals surface area contributed by atoms with Crippen LogP contribution in [-0.4, -0.2) is 41.6 Å². The third-order valence-corrected chi connectivity index (χ3v) is 7.72. The largest absolute Gasteiger partial charge is 0.493 e. The summed E-state index contributed by atoms with van der Waals surface area (Å²) in [7, 11) is 3.22. The fourth-order valence-electron chi connectivity index (χ4n) is 3.24. The second-order valence-corrected chi connectivity index (χ2v) is 9.67. The van der Waals surface area contributed by atoms with Crippen LogP contribution in [0.25, 0.3) is 0 Å². The predicted molar refractivity (Wildman–Crippen MR) is 122 cm³/mol. The van der Waals surface area contributed by atoms with Crippen molar-refractivity contribution in [1.82, 2.24) is 9.99 Å². The number of thiazole rings is 1. The number of aromatic nitrogens is 1. The van der Waals surface area contributed by atoms with E-state index in [2.05, 4.69) is 4.98 Å². The van der Waals surface area contributed by atoms with Crippen LogP contribution in [0.1, 0.15) is 28.6 Å². The van der Waals surface area contributed by atoms with E-state index >= 15 is 0 Å². The molecule has 2 aromatic heterocycles.